The number of carbonyl (C=O) groups is 1. The first-order valence-corrected chi connectivity index (χ1v) is 11.6. The molecule has 4 heteroatoms. The van der Waals surface area contributed by atoms with Crippen molar-refractivity contribution in [2.24, 2.45) is 5.92 Å². The maximum atomic E-state index is 12.9. The van der Waals surface area contributed by atoms with Gasteiger partial charge in [0.05, 0.1) is 13.1 Å². The molecule has 1 aliphatic heterocycles. The molecule has 1 saturated heterocycles. The predicted molar refractivity (Wildman–Crippen MR) is 127 cm³/mol. The van der Waals surface area contributed by atoms with Crippen LogP contribution in [0.1, 0.15) is 29.5 Å². The zero-order valence-corrected chi connectivity index (χ0v) is 18.9. The van der Waals surface area contributed by atoms with Crippen molar-refractivity contribution >= 4 is 5.91 Å². The Bertz CT molecular complexity index is 965. The summed E-state index contributed by atoms with van der Waals surface area (Å²) in [4.78, 5) is 16.3. The van der Waals surface area contributed by atoms with Gasteiger partial charge in [0.25, 0.3) is 0 Å². The molecular weight excluding hydrogens is 396 g/mol. The van der Waals surface area contributed by atoms with E-state index < -0.39 is 0 Å². The summed E-state index contributed by atoms with van der Waals surface area (Å²) in [6, 6.07) is 28.9. The van der Waals surface area contributed by atoms with E-state index >= 15 is 0 Å². The monoisotopic (exact) mass is 429 g/mol. The Kier molecular flexibility index (Phi) is 7.57. The summed E-state index contributed by atoms with van der Waals surface area (Å²) in [5.74, 6) is 1.34. The average Bonchev–Trinajstić information content (AvgIpc) is 2.85. The van der Waals surface area contributed by atoms with E-state index in [4.69, 9.17) is 4.74 Å². The lowest BCUT2D eigenvalue weighted by molar-refractivity contribution is -0.919. The Morgan fingerprint density at radius 1 is 0.844 bits per heavy atom. The molecule has 0 aliphatic carbocycles. The van der Waals surface area contributed by atoms with Gasteiger partial charge in [0, 0.05) is 37.9 Å². The first kappa shape index (κ1) is 22.1. The van der Waals surface area contributed by atoms with Crippen LogP contribution in [0.4, 0.5) is 0 Å². The van der Waals surface area contributed by atoms with Crippen molar-refractivity contribution in [3.8, 4) is 5.75 Å². The molecule has 1 fully saturated rings. The van der Waals surface area contributed by atoms with E-state index in [0.29, 0.717) is 13.2 Å². The number of ether oxygens (including phenoxy) is 1. The van der Waals surface area contributed by atoms with Gasteiger partial charge in [0.1, 0.15) is 18.9 Å². The van der Waals surface area contributed by atoms with Gasteiger partial charge < -0.3 is 14.5 Å². The lowest BCUT2D eigenvalue weighted by atomic mass is 9.95. The van der Waals surface area contributed by atoms with Crippen LogP contribution < -0.4 is 9.64 Å². The van der Waals surface area contributed by atoms with Crippen molar-refractivity contribution in [2.45, 2.75) is 32.5 Å². The number of rotatable bonds is 8. The topological polar surface area (TPSA) is 34.0 Å². The number of piperidine rings is 1. The molecule has 0 bridgehead atoms. The second-order valence-electron chi connectivity index (χ2n) is 8.80. The van der Waals surface area contributed by atoms with Gasteiger partial charge in [-0.1, -0.05) is 60.7 Å². The summed E-state index contributed by atoms with van der Waals surface area (Å²) in [6.07, 6.45) is 1.93. The maximum Gasteiger partial charge on any atom is 0.226 e. The second kappa shape index (κ2) is 11.0. The van der Waals surface area contributed by atoms with Crippen LogP contribution >= 0.6 is 0 Å². The van der Waals surface area contributed by atoms with Crippen LogP contribution in [0.15, 0.2) is 84.9 Å². The fourth-order valence-electron chi connectivity index (χ4n) is 4.43. The Hall–Kier alpha value is -3.11. The first-order valence-electron chi connectivity index (χ1n) is 11.6. The normalized spacial score (nSPS) is 18.2. The molecule has 0 saturated carbocycles. The number of carbonyl (C=O) groups excluding carboxylic acids is 1. The number of amides is 1. The summed E-state index contributed by atoms with van der Waals surface area (Å²) >= 11 is 0. The summed E-state index contributed by atoms with van der Waals surface area (Å²) in [7, 11) is 1.93. The van der Waals surface area contributed by atoms with Gasteiger partial charge in [-0.2, -0.15) is 0 Å². The molecule has 0 spiro atoms. The molecule has 4 rings (SSSR count). The summed E-state index contributed by atoms with van der Waals surface area (Å²) in [6.45, 7) is 4.36. The van der Waals surface area contributed by atoms with Crippen LogP contribution in [0.25, 0.3) is 0 Å². The zero-order valence-electron chi connectivity index (χ0n) is 18.9. The highest BCUT2D eigenvalue weighted by Gasteiger charge is 2.29. The third kappa shape index (κ3) is 6.21. The molecule has 1 amide bonds. The maximum absolute atomic E-state index is 12.9. The van der Waals surface area contributed by atoms with Crippen LogP contribution in [0.2, 0.25) is 0 Å². The highest BCUT2D eigenvalue weighted by atomic mass is 16.5. The Balaban J connectivity index is 1.21. The molecule has 0 radical (unpaired) electrons. The number of benzene rings is 3. The predicted octanol–water partition coefficient (Wildman–Crippen LogP) is 3.72. The smallest absolute Gasteiger partial charge is 0.226 e. The quantitative estimate of drug-likeness (QED) is 0.592. The average molecular weight is 430 g/mol. The number of hydrogen-bond donors (Lipinski definition) is 1. The number of nitrogens with zero attached hydrogens (tertiary/aromatic N) is 1. The fraction of sp³-hybridized carbons (Fsp3) is 0.321. The third-order valence-electron chi connectivity index (χ3n) is 6.31. The molecule has 0 unspecified atom stereocenters. The van der Waals surface area contributed by atoms with Crippen LogP contribution in [0.5, 0.6) is 5.75 Å². The summed E-state index contributed by atoms with van der Waals surface area (Å²) < 4.78 is 5.89. The highest BCUT2D eigenvalue weighted by molar-refractivity contribution is 5.78. The van der Waals surface area contributed by atoms with E-state index in [9.17, 15) is 4.79 Å². The Morgan fingerprint density at radius 3 is 2.06 bits per heavy atom. The van der Waals surface area contributed by atoms with Gasteiger partial charge in [-0.3, -0.25) is 4.79 Å². The summed E-state index contributed by atoms with van der Waals surface area (Å²) in [5, 5.41) is 0. The van der Waals surface area contributed by atoms with Gasteiger partial charge >= 0.3 is 0 Å². The van der Waals surface area contributed by atoms with Crippen LogP contribution in [0, 0.1) is 5.92 Å². The SMILES string of the molecule is CN(Cc1ccccc1)C(=O)C1CC[NH+](Cc2ccc(OCc3ccccc3)cc2)CC1. The number of likely N-dealkylation sites (tertiary alicyclic amines) is 1. The van der Waals surface area contributed by atoms with Crippen molar-refractivity contribution in [3.05, 3.63) is 102 Å². The molecular formula is C28H33N2O2+. The fourth-order valence-corrected chi connectivity index (χ4v) is 4.43. The standard InChI is InChI=1S/C28H32N2O2/c1-29(20-23-8-4-2-5-9-23)28(31)26-16-18-30(19-17-26)21-24-12-14-27(15-13-24)32-22-25-10-6-3-7-11-25/h2-15,26H,16-22H2,1H3/p+1. The lowest BCUT2D eigenvalue weighted by Gasteiger charge is -2.31. The lowest BCUT2D eigenvalue weighted by Crippen LogP contribution is -3.11. The van der Waals surface area contributed by atoms with Crippen LogP contribution in [-0.2, 0) is 24.5 Å². The van der Waals surface area contributed by atoms with Gasteiger partial charge in [0.15, 0.2) is 0 Å². The van der Waals surface area contributed by atoms with E-state index in [2.05, 4.69) is 48.5 Å². The molecule has 32 heavy (non-hydrogen) atoms. The molecule has 0 aromatic heterocycles. The molecule has 3 aromatic carbocycles. The molecule has 0 atom stereocenters. The van der Waals surface area contributed by atoms with E-state index in [0.717, 1.165) is 38.2 Å². The van der Waals surface area contributed by atoms with Gasteiger partial charge in [0.2, 0.25) is 5.91 Å². The second-order valence-corrected chi connectivity index (χ2v) is 8.80. The number of nitrogens with one attached hydrogen (secondary N) is 1. The Morgan fingerprint density at radius 2 is 1.44 bits per heavy atom. The van der Waals surface area contributed by atoms with E-state index in [-0.39, 0.29) is 11.8 Å². The largest absolute Gasteiger partial charge is 0.489 e. The molecule has 166 valence electrons. The first-order chi connectivity index (χ1) is 15.7. The molecule has 3 aromatic rings. The van der Waals surface area contributed by atoms with Gasteiger partial charge in [-0.15, -0.1) is 0 Å². The van der Waals surface area contributed by atoms with Crippen molar-refractivity contribution in [1.82, 2.24) is 4.90 Å². The minimum absolute atomic E-state index is 0.154. The number of hydrogen-bond acceptors (Lipinski definition) is 2. The van der Waals surface area contributed by atoms with Crippen molar-refractivity contribution in [1.29, 1.82) is 0 Å². The van der Waals surface area contributed by atoms with Gasteiger partial charge in [-0.05, 0) is 35.4 Å². The van der Waals surface area contributed by atoms with E-state index in [1.54, 1.807) is 4.90 Å². The zero-order chi connectivity index (χ0) is 22.2. The number of quaternary nitrogens is 1. The van der Waals surface area contributed by atoms with E-state index in [1.165, 1.54) is 16.7 Å². The highest BCUT2D eigenvalue weighted by Crippen LogP contribution is 2.16. The van der Waals surface area contributed by atoms with E-state index in [1.807, 2.05) is 48.3 Å². The van der Waals surface area contributed by atoms with Crippen molar-refractivity contribution < 1.29 is 14.4 Å². The Labute approximate surface area is 191 Å². The summed E-state index contributed by atoms with van der Waals surface area (Å²) in [5.41, 5.74) is 3.67. The van der Waals surface area contributed by atoms with Crippen LogP contribution in [0.3, 0.4) is 0 Å². The minimum atomic E-state index is 0.154. The van der Waals surface area contributed by atoms with Gasteiger partial charge in [-0.25, -0.2) is 0 Å². The van der Waals surface area contributed by atoms with Crippen LogP contribution in [-0.4, -0.2) is 30.9 Å². The van der Waals surface area contributed by atoms with Crippen molar-refractivity contribution in [2.75, 3.05) is 20.1 Å². The minimum Gasteiger partial charge on any atom is -0.489 e. The third-order valence-corrected chi connectivity index (χ3v) is 6.31. The molecule has 1 aliphatic rings. The van der Waals surface area contributed by atoms with Crippen molar-refractivity contribution in [3.63, 3.8) is 0 Å². The molecule has 4 nitrogen and oxygen atoms in total. The molecule has 1 heterocycles. The molecule has 1 N–H and O–H groups in total.